The molecule has 0 aliphatic rings. The number of carbonyl (C=O) groups is 1. The minimum absolute atomic E-state index is 0.0576. The van der Waals surface area contributed by atoms with Crippen molar-refractivity contribution in [2.45, 2.75) is 5.16 Å². The van der Waals surface area contributed by atoms with Crippen molar-refractivity contribution >= 4 is 34.7 Å². The Morgan fingerprint density at radius 2 is 1.59 bits per heavy atom. The second kappa shape index (κ2) is 9.84. The van der Waals surface area contributed by atoms with Gasteiger partial charge in [0.15, 0.2) is 5.82 Å². The molecule has 1 aromatic heterocycles. The van der Waals surface area contributed by atoms with E-state index in [1.807, 2.05) is 30.3 Å². The van der Waals surface area contributed by atoms with E-state index < -0.39 is 5.82 Å². The lowest BCUT2D eigenvalue weighted by Gasteiger charge is -2.06. The largest absolute Gasteiger partial charge is 0.335 e. The zero-order valence-corrected chi connectivity index (χ0v) is 17.5. The SMILES string of the molecule is Nn1c(SCC(=O)Nc2ccc(N=Nc3ccccc3)cc2)nnc1-c1ccccc1F. The summed E-state index contributed by atoms with van der Waals surface area (Å²) in [4.78, 5) is 12.3. The zero-order valence-electron chi connectivity index (χ0n) is 16.7. The van der Waals surface area contributed by atoms with Crippen LogP contribution in [0.25, 0.3) is 11.4 Å². The van der Waals surface area contributed by atoms with E-state index in [0.29, 0.717) is 16.5 Å². The predicted molar refractivity (Wildman–Crippen MR) is 122 cm³/mol. The standard InChI is InChI=1S/C22H18FN7OS/c23-19-9-5-4-8-18(19)21-28-29-22(30(21)24)32-14-20(31)25-15-10-12-17(13-11-15)27-26-16-6-2-1-3-7-16/h1-13H,14,24H2,(H,25,31). The van der Waals surface area contributed by atoms with Crippen LogP contribution in [0, 0.1) is 5.82 Å². The van der Waals surface area contributed by atoms with E-state index in [2.05, 4.69) is 25.7 Å². The van der Waals surface area contributed by atoms with Crippen molar-refractivity contribution in [1.82, 2.24) is 14.9 Å². The quantitative estimate of drug-likeness (QED) is 0.237. The van der Waals surface area contributed by atoms with E-state index >= 15 is 0 Å². The molecule has 0 fully saturated rings. The monoisotopic (exact) mass is 447 g/mol. The van der Waals surface area contributed by atoms with Crippen LogP contribution in [-0.2, 0) is 4.79 Å². The molecule has 32 heavy (non-hydrogen) atoms. The maximum atomic E-state index is 14.0. The van der Waals surface area contributed by atoms with Crippen LogP contribution in [0.1, 0.15) is 0 Å². The molecule has 0 radical (unpaired) electrons. The van der Waals surface area contributed by atoms with Gasteiger partial charge in [0, 0.05) is 5.69 Å². The Balaban J connectivity index is 1.33. The van der Waals surface area contributed by atoms with Crippen LogP contribution < -0.4 is 11.2 Å². The van der Waals surface area contributed by atoms with E-state index in [1.54, 1.807) is 42.5 Å². The van der Waals surface area contributed by atoms with E-state index in [0.717, 1.165) is 17.4 Å². The predicted octanol–water partition coefficient (Wildman–Crippen LogP) is 4.94. The average molecular weight is 447 g/mol. The minimum Gasteiger partial charge on any atom is -0.335 e. The number of nitrogen functional groups attached to an aromatic ring is 1. The molecule has 0 saturated carbocycles. The lowest BCUT2D eigenvalue weighted by atomic mass is 10.2. The van der Waals surface area contributed by atoms with Crippen molar-refractivity contribution in [3.05, 3.63) is 84.7 Å². The minimum atomic E-state index is -0.451. The molecule has 0 aliphatic carbocycles. The maximum Gasteiger partial charge on any atom is 0.234 e. The van der Waals surface area contributed by atoms with Crippen molar-refractivity contribution in [2.75, 3.05) is 16.9 Å². The number of benzene rings is 3. The molecule has 4 rings (SSSR count). The lowest BCUT2D eigenvalue weighted by Crippen LogP contribution is -2.16. The summed E-state index contributed by atoms with van der Waals surface area (Å²) < 4.78 is 15.1. The molecule has 160 valence electrons. The number of amides is 1. The van der Waals surface area contributed by atoms with Gasteiger partial charge >= 0.3 is 0 Å². The van der Waals surface area contributed by atoms with Crippen LogP contribution in [0.2, 0.25) is 0 Å². The highest BCUT2D eigenvalue weighted by Crippen LogP contribution is 2.24. The fraction of sp³-hybridized carbons (Fsp3) is 0.0455. The first-order chi connectivity index (χ1) is 15.6. The molecule has 0 spiro atoms. The van der Waals surface area contributed by atoms with Crippen LogP contribution in [0.3, 0.4) is 0 Å². The van der Waals surface area contributed by atoms with Crippen molar-refractivity contribution in [3.63, 3.8) is 0 Å². The first-order valence-electron chi connectivity index (χ1n) is 9.55. The van der Waals surface area contributed by atoms with Crippen LogP contribution in [0.15, 0.2) is 94.2 Å². The van der Waals surface area contributed by atoms with Gasteiger partial charge in [-0.1, -0.05) is 42.1 Å². The smallest absolute Gasteiger partial charge is 0.234 e. The van der Waals surface area contributed by atoms with Gasteiger partial charge in [-0.25, -0.2) is 9.07 Å². The second-order valence-corrected chi connectivity index (χ2v) is 7.52. The summed E-state index contributed by atoms with van der Waals surface area (Å²) in [5, 5.41) is 19.3. The van der Waals surface area contributed by atoms with Gasteiger partial charge in [-0.2, -0.15) is 10.2 Å². The van der Waals surface area contributed by atoms with E-state index in [1.165, 1.54) is 10.7 Å². The van der Waals surface area contributed by atoms with Crippen LogP contribution in [0.5, 0.6) is 0 Å². The Kier molecular flexibility index (Phi) is 6.52. The summed E-state index contributed by atoms with van der Waals surface area (Å²) >= 11 is 1.10. The summed E-state index contributed by atoms with van der Waals surface area (Å²) in [7, 11) is 0. The summed E-state index contributed by atoms with van der Waals surface area (Å²) in [6.45, 7) is 0. The second-order valence-electron chi connectivity index (χ2n) is 6.58. The van der Waals surface area contributed by atoms with Gasteiger partial charge in [0.2, 0.25) is 11.1 Å². The number of nitrogens with two attached hydrogens (primary N) is 1. The molecular weight excluding hydrogens is 429 g/mol. The Bertz CT molecular complexity index is 1240. The molecule has 4 aromatic rings. The number of anilines is 1. The lowest BCUT2D eigenvalue weighted by molar-refractivity contribution is -0.113. The Labute approximate surface area is 187 Å². The van der Waals surface area contributed by atoms with Crippen molar-refractivity contribution in [3.8, 4) is 11.4 Å². The number of nitrogens with zero attached hydrogens (tertiary/aromatic N) is 5. The number of rotatable bonds is 7. The number of thioether (sulfide) groups is 1. The number of nitrogens with one attached hydrogen (secondary N) is 1. The van der Waals surface area contributed by atoms with Gasteiger partial charge in [-0.3, -0.25) is 4.79 Å². The number of aromatic nitrogens is 3. The van der Waals surface area contributed by atoms with Crippen LogP contribution in [0.4, 0.5) is 21.5 Å². The van der Waals surface area contributed by atoms with E-state index in [-0.39, 0.29) is 23.0 Å². The molecule has 3 N–H and O–H groups in total. The molecule has 0 saturated heterocycles. The molecule has 1 amide bonds. The third-order valence-electron chi connectivity index (χ3n) is 4.30. The number of carbonyl (C=O) groups excluding carboxylic acids is 1. The highest BCUT2D eigenvalue weighted by Gasteiger charge is 2.16. The summed E-state index contributed by atoms with van der Waals surface area (Å²) in [6, 6.07) is 22.5. The topological polar surface area (TPSA) is 111 Å². The third-order valence-corrected chi connectivity index (χ3v) is 5.24. The van der Waals surface area contributed by atoms with E-state index in [4.69, 9.17) is 5.84 Å². The van der Waals surface area contributed by atoms with E-state index in [9.17, 15) is 9.18 Å². The number of hydrogen-bond donors (Lipinski definition) is 2. The molecule has 0 unspecified atom stereocenters. The summed E-state index contributed by atoms with van der Waals surface area (Å²) in [6.07, 6.45) is 0. The van der Waals surface area contributed by atoms with Gasteiger partial charge in [0.05, 0.1) is 22.7 Å². The van der Waals surface area contributed by atoms with Crippen molar-refractivity contribution < 1.29 is 9.18 Å². The Morgan fingerprint density at radius 3 is 2.31 bits per heavy atom. The zero-order chi connectivity index (χ0) is 22.3. The average Bonchev–Trinajstić information content (AvgIpc) is 3.18. The molecule has 0 aliphatic heterocycles. The molecular formula is C22H18FN7OS. The molecule has 8 nitrogen and oxygen atoms in total. The highest BCUT2D eigenvalue weighted by molar-refractivity contribution is 7.99. The van der Waals surface area contributed by atoms with Crippen LogP contribution >= 0.6 is 11.8 Å². The normalized spacial score (nSPS) is 11.0. The first kappa shape index (κ1) is 21.2. The van der Waals surface area contributed by atoms with Gasteiger partial charge in [0.25, 0.3) is 0 Å². The third kappa shape index (κ3) is 5.16. The number of azo groups is 1. The molecule has 10 heteroatoms. The van der Waals surface area contributed by atoms with Gasteiger partial charge in [0.1, 0.15) is 5.82 Å². The van der Waals surface area contributed by atoms with Crippen molar-refractivity contribution in [2.24, 2.45) is 10.2 Å². The summed E-state index contributed by atoms with van der Waals surface area (Å²) in [5.74, 6) is 5.53. The van der Waals surface area contributed by atoms with Gasteiger partial charge in [-0.15, -0.1) is 10.2 Å². The molecule has 0 bridgehead atoms. The fourth-order valence-electron chi connectivity index (χ4n) is 2.75. The van der Waals surface area contributed by atoms with Gasteiger partial charge in [-0.05, 0) is 48.5 Å². The Morgan fingerprint density at radius 1 is 0.938 bits per heavy atom. The molecule has 3 aromatic carbocycles. The number of hydrogen-bond acceptors (Lipinski definition) is 7. The Hall–Kier alpha value is -4.05. The van der Waals surface area contributed by atoms with Crippen molar-refractivity contribution in [1.29, 1.82) is 0 Å². The van der Waals surface area contributed by atoms with Crippen LogP contribution in [-0.4, -0.2) is 26.5 Å². The highest BCUT2D eigenvalue weighted by atomic mass is 32.2. The summed E-state index contributed by atoms with van der Waals surface area (Å²) in [5.41, 5.74) is 2.28. The molecule has 0 atom stereocenters. The first-order valence-corrected chi connectivity index (χ1v) is 10.5. The maximum absolute atomic E-state index is 14.0. The number of halogens is 1. The van der Waals surface area contributed by atoms with Gasteiger partial charge < -0.3 is 11.2 Å². The fourth-order valence-corrected chi connectivity index (χ4v) is 3.41. The molecule has 1 heterocycles.